The quantitative estimate of drug-likeness (QED) is 0.252. The van der Waals surface area contributed by atoms with E-state index in [1.807, 2.05) is 0 Å². The standard InChI is InChI=1S/C12H21N3O8/c1-4(17)14-8-10(20)9(19)6(3-16)23-11(8)15-7(18)2-5(13)12(21)22/h5-6,8-11,16,19-20H,2-3,13H2,1H3,(H,14,17)(H,15,18)(H,21,22)/t5-,6+,8-,9-,10+,11-/m0/s1. The second-order valence-corrected chi connectivity index (χ2v) is 5.20. The molecule has 1 saturated heterocycles. The Hall–Kier alpha value is -1.79. The lowest BCUT2D eigenvalue weighted by atomic mass is 9.95. The molecule has 2 amide bonds. The Bertz CT molecular complexity index is 460. The number of carbonyl (C=O) groups is 3. The van der Waals surface area contributed by atoms with E-state index < -0.39 is 67.4 Å². The number of ether oxygens (including phenoxy) is 1. The molecule has 23 heavy (non-hydrogen) atoms. The van der Waals surface area contributed by atoms with Gasteiger partial charge in [-0.15, -0.1) is 0 Å². The van der Waals surface area contributed by atoms with Crippen LogP contribution in [0.5, 0.6) is 0 Å². The van der Waals surface area contributed by atoms with Gasteiger partial charge in [-0.2, -0.15) is 0 Å². The molecule has 0 bridgehead atoms. The second-order valence-electron chi connectivity index (χ2n) is 5.20. The van der Waals surface area contributed by atoms with Gasteiger partial charge in [0, 0.05) is 6.92 Å². The molecule has 11 heteroatoms. The van der Waals surface area contributed by atoms with Gasteiger partial charge >= 0.3 is 5.97 Å². The van der Waals surface area contributed by atoms with Crippen molar-refractivity contribution in [3.8, 4) is 0 Å². The first-order valence-corrected chi connectivity index (χ1v) is 6.84. The van der Waals surface area contributed by atoms with Gasteiger partial charge in [-0.1, -0.05) is 0 Å². The smallest absolute Gasteiger partial charge is 0.321 e. The molecular weight excluding hydrogens is 314 g/mol. The highest BCUT2D eigenvalue weighted by molar-refractivity contribution is 5.84. The molecule has 0 radical (unpaired) electrons. The molecule has 0 aromatic carbocycles. The zero-order valence-electron chi connectivity index (χ0n) is 12.4. The Morgan fingerprint density at radius 1 is 1.22 bits per heavy atom. The number of hydrogen-bond acceptors (Lipinski definition) is 8. The van der Waals surface area contributed by atoms with Gasteiger partial charge < -0.3 is 41.5 Å². The molecule has 6 atom stereocenters. The van der Waals surface area contributed by atoms with Crippen molar-refractivity contribution >= 4 is 17.8 Å². The fourth-order valence-electron chi connectivity index (χ4n) is 2.14. The van der Waals surface area contributed by atoms with E-state index in [-0.39, 0.29) is 0 Å². The average Bonchev–Trinajstić information content (AvgIpc) is 2.46. The maximum Gasteiger partial charge on any atom is 0.321 e. The van der Waals surface area contributed by atoms with Crippen LogP contribution in [0.3, 0.4) is 0 Å². The molecule has 1 aliphatic heterocycles. The van der Waals surface area contributed by atoms with E-state index in [4.69, 9.17) is 20.7 Å². The number of carboxylic acids is 1. The summed E-state index contributed by atoms with van der Waals surface area (Å²) < 4.78 is 5.25. The van der Waals surface area contributed by atoms with E-state index in [0.717, 1.165) is 6.92 Å². The Balaban J connectivity index is 2.82. The number of aliphatic carboxylic acids is 1. The lowest BCUT2D eigenvalue weighted by Crippen LogP contribution is -2.68. The fraction of sp³-hybridized carbons (Fsp3) is 0.750. The number of nitrogens with two attached hydrogens (primary N) is 1. The van der Waals surface area contributed by atoms with Gasteiger partial charge in [-0.25, -0.2) is 0 Å². The van der Waals surface area contributed by atoms with E-state index in [0.29, 0.717) is 0 Å². The first-order valence-electron chi connectivity index (χ1n) is 6.84. The Morgan fingerprint density at radius 2 is 1.83 bits per heavy atom. The number of carbonyl (C=O) groups excluding carboxylic acids is 2. The molecule has 1 heterocycles. The van der Waals surface area contributed by atoms with Gasteiger partial charge in [0.15, 0.2) is 6.23 Å². The number of aliphatic hydroxyl groups excluding tert-OH is 3. The van der Waals surface area contributed by atoms with Crippen molar-refractivity contribution in [3.63, 3.8) is 0 Å². The van der Waals surface area contributed by atoms with Crippen LogP contribution in [-0.2, 0) is 19.1 Å². The SMILES string of the molecule is CC(=O)N[C@H]1[C@@H](O)[C@@H](O)[C@@H](CO)O[C@@H]1NC(=O)C[C@H](N)C(=O)O. The normalized spacial score (nSPS) is 32.0. The molecular formula is C12H21N3O8. The maximum absolute atomic E-state index is 11.8. The van der Waals surface area contributed by atoms with Crippen LogP contribution < -0.4 is 16.4 Å². The molecule has 0 saturated carbocycles. The van der Waals surface area contributed by atoms with Crippen LogP contribution in [0, 0.1) is 0 Å². The zero-order chi connectivity index (χ0) is 17.7. The van der Waals surface area contributed by atoms with Crippen LogP contribution in [0.25, 0.3) is 0 Å². The third-order valence-corrected chi connectivity index (χ3v) is 3.32. The van der Waals surface area contributed by atoms with Crippen LogP contribution in [0.2, 0.25) is 0 Å². The second kappa shape index (κ2) is 8.17. The van der Waals surface area contributed by atoms with Crippen molar-refractivity contribution in [1.29, 1.82) is 0 Å². The molecule has 0 aliphatic carbocycles. The minimum Gasteiger partial charge on any atom is -0.480 e. The Morgan fingerprint density at radius 3 is 2.30 bits per heavy atom. The van der Waals surface area contributed by atoms with Crippen molar-refractivity contribution in [2.75, 3.05) is 6.61 Å². The number of amides is 2. The topological polar surface area (TPSA) is 191 Å². The van der Waals surface area contributed by atoms with Crippen LogP contribution in [-0.4, -0.2) is 81.4 Å². The molecule has 0 spiro atoms. The number of aliphatic hydroxyl groups is 3. The van der Waals surface area contributed by atoms with Gasteiger partial charge in [-0.3, -0.25) is 14.4 Å². The van der Waals surface area contributed by atoms with E-state index in [2.05, 4.69) is 10.6 Å². The predicted molar refractivity (Wildman–Crippen MR) is 73.7 cm³/mol. The summed E-state index contributed by atoms with van der Waals surface area (Å²) in [7, 11) is 0. The number of rotatable bonds is 6. The third kappa shape index (κ3) is 5.11. The summed E-state index contributed by atoms with van der Waals surface area (Å²) in [4.78, 5) is 33.6. The molecule has 11 nitrogen and oxygen atoms in total. The van der Waals surface area contributed by atoms with Gasteiger partial charge in [0.2, 0.25) is 11.8 Å². The highest BCUT2D eigenvalue weighted by Crippen LogP contribution is 2.20. The van der Waals surface area contributed by atoms with E-state index >= 15 is 0 Å². The van der Waals surface area contributed by atoms with Crippen molar-refractivity contribution in [1.82, 2.24) is 10.6 Å². The fourth-order valence-corrected chi connectivity index (χ4v) is 2.14. The first kappa shape index (κ1) is 19.3. The van der Waals surface area contributed by atoms with E-state index in [9.17, 15) is 24.6 Å². The van der Waals surface area contributed by atoms with Gasteiger partial charge in [0.25, 0.3) is 0 Å². The summed E-state index contributed by atoms with van der Waals surface area (Å²) in [5.74, 6) is -2.71. The average molecular weight is 335 g/mol. The van der Waals surface area contributed by atoms with Gasteiger partial charge in [0.05, 0.1) is 13.0 Å². The number of nitrogens with one attached hydrogen (secondary N) is 2. The molecule has 0 aromatic heterocycles. The summed E-state index contributed by atoms with van der Waals surface area (Å²) in [5.41, 5.74) is 5.24. The predicted octanol–water partition coefficient (Wildman–Crippen LogP) is -4.15. The van der Waals surface area contributed by atoms with Crippen LogP contribution >= 0.6 is 0 Å². The minimum atomic E-state index is -1.51. The maximum atomic E-state index is 11.8. The molecule has 0 unspecified atom stereocenters. The Kier molecular flexibility index (Phi) is 6.84. The highest BCUT2D eigenvalue weighted by Gasteiger charge is 2.45. The van der Waals surface area contributed by atoms with Crippen molar-refractivity contribution < 1.29 is 39.5 Å². The van der Waals surface area contributed by atoms with Crippen LogP contribution in [0.1, 0.15) is 13.3 Å². The van der Waals surface area contributed by atoms with Crippen LogP contribution in [0.15, 0.2) is 0 Å². The first-order chi connectivity index (χ1) is 10.7. The summed E-state index contributed by atoms with van der Waals surface area (Å²) in [5, 5.41) is 42.2. The zero-order valence-corrected chi connectivity index (χ0v) is 12.4. The summed E-state index contributed by atoms with van der Waals surface area (Å²) in [6, 6.07) is -2.61. The van der Waals surface area contributed by atoms with Crippen molar-refractivity contribution in [2.45, 2.75) is 50.0 Å². The molecule has 8 N–H and O–H groups in total. The lowest BCUT2D eigenvalue weighted by molar-refractivity contribution is -0.203. The molecule has 1 fully saturated rings. The monoisotopic (exact) mass is 335 g/mol. The van der Waals surface area contributed by atoms with E-state index in [1.54, 1.807) is 0 Å². The molecule has 1 aliphatic rings. The van der Waals surface area contributed by atoms with Crippen molar-refractivity contribution in [2.24, 2.45) is 5.73 Å². The van der Waals surface area contributed by atoms with Gasteiger partial charge in [-0.05, 0) is 0 Å². The van der Waals surface area contributed by atoms with E-state index in [1.165, 1.54) is 0 Å². The largest absolute Gasteiger partial charge is 0.480 e. The number of carboxylic acid groups (broad SMARTS) is 1. The summed E-state index contributed by atoms with van der Waals surface area (Å²) >= 11 is 0. The summed E-state index contributed by atoms with van der Waals surface area (Å²) in [6.07, 6.45) is -6.00. The highest BCUT2D eigenvalue weighted by atomic mass is 16.5. The van der Waals surface area contributed by atoms with Crippen molar-refractivity contribution in [3.05, 3.63) is 0 Å². The number of hydrogen-bond donors (Lipinski definition) is 7. The third-order valence-electron chi connectivity index (χ3n) is 3.32. The molecule has 1 rings (SSSR count). The Labute approximate surface area is 131 Å². The lowest BCUT2D eigenvalue weighted by Gasteiger charge is -2.42. The molecule has 0 aromatic rings. The molecule has 132 valence electrons. The minimum absolute atomic E-state index is 0.547. The summed E-state index contributed by atoms with van der Waals surface area (Å²) in [6.45, 7) is 0.530. The van der Waals surface area contributed by atoms with Crippen LogP contribution in [0.4, 0.5) is 0 Å². The van der Waals surface area contributed by atoms with Gasteiger partial charge in [0.1, 0.15) is 30.4 Å².